The Morgan fingerprint density at radius 3 is 2.14 bits per heavy atom. The molecule has 0 fully saturated rings. The molecule has 1 unspecified atom stereocenters. The van der Waals surface area contributed by atoms with E-state index in [2.05, 4.69) is 21.2 Å². The lowest BCUT2D eigenvalue weighted by Gasteiger charge is -2.16. The number of amides is 1. The Hall–Kier alpha value is -1.81. The Morgan fingerprint density at radius 2 is 1.62 bits per heavy atom. The molecule has 2 rings (SSSR count). The summed E-state index contributed by atoms with van der Waals surface area (Å²) in [4.78, 5) is 14.2. The normalized spacial score (nSPS) is 11.8. The van der Waals surface area contributed by atoms with Crippen LogP contribution in [0.2, 0.25) is 0 Å². The topological polar surface area (TPSA) is 32.3 Å². The number of halogens is 1. The van der Waals surface area contributed by atoms with E-state index in [-0.39, 0.29) is 11.9 Å². The number of nitrogens with one attached hydrogen (secondary N) is 1. The van der Waals surface area contributed by atoms with Crippen LogP contribution >= 0.6 is 15.9 Å². The van der Waals surface area contributed by atoms with Crippen LogP contribution in [0.1, 0.15) is 28.9 Å². The Balaban J connectivity index is 2.05. The third-order valence-electron chi connectivity index (χ3n) is 3.36. The molecule has 21 heavy (non-hydrogen) atoms. The number of rotatable bonds is 4. The van der Waals surface area contributed by atoms with Crippen molar-refractivity contribution in [1.29, 1.82) is 0 Å². The van der Waals surface area contributed by atoms with E-state index in [0.717, 1.165) is 15.7 Å². The third-order valence-corrected chi connectivity index (χ3v) is 3.89. The van der Waals surface area contributed by atoms with Crippen LogP contribution in [0.3, 0.4) is 0 Å². The zero-order valence-electron chi connectivity index (χ0n) is 12.4. The molecule has 3 nitrogen and oxygen atoms in total. The molecular formula is C17H19BrN2O. The Kier molecular flexibility index (Phi) is 5.02. The zero-order chi connectivity index (χ0) is 15.4. The second kappa shape index (κ2) is 6.76. The molecule has 110 valence electrons. The summed E-state index contributed by atoms with van der Waals surface area (Å²) in [5, 5.41) is 3.01. The van der Waals surface area contributed by atoms with Crippen LogP contribution < -0.4 is 10.2 Å². The number of hydrogen-bond donors (Lipinski definition) is 1. The minimum Gasteiger partial charge on any atom is -0.378 e. The summed E-state index contributed by atoms with van der Waals surface area (Å²) < 4.78 is 1.03. The number of nitrogens with zero attached hydrogens (tertiary/aromatic N) is 1. The van der Waals surface area contributed by atoms with Crippen LogP contribution in [0.5, 0.6) is 0 Å². The average molecular weight is 347 g/mol. The van der Waals surface area contributed by atoms with Gasteiger partial charge in [-0.15, -0.1) is 0 Å². The van der Waals surface area contributed by atoms with Gasteiger partial charge < -0.3 is 10.2 Å². The number of hydrogen-bond acceptors (Lipinski definition) is 2. The van der Waals surface area contributed by atoms with Crippen LogP contribution in [0.25, 0.3) is 0 Å². The third kappa shape index (κ3) is 4.08. The summed E-state index contributed by atoms with van der Waals surface area (Å²) in [5.41, 5.74) is 2.83. The van der Waals surface area contributed by atoms with Crippen molar-refractivity contribution < 1.29 is 4.79 Å². The molecule has 0 bridgehead atoms. The van der Waals surface area contributed by atoms with E-state index in [1.165, 1.54) is 0 Å². The molecular weight excluding hydrogens is 328 g/mol. The molecule has 0 aliphatic carbocycles. The van der Waals surface area contributed by atoms with Gasteiger partial charge in [-0.1, -0.05) is 28.1 Å². The molecule has 0 aliphatic heterocycles. The van der Waals surface area contributed by atoms with Crippen molar-refractivity contribution >= 4 is 27.5 Å². The standard InChI is InChI=1S/C17H19BrN2O/c1-12(13-4-8-15(18)9-5-13)19-17(21)14-6-10-16(11-7-14)20(2)3/h4-12H,1-3H3,(H,19,21). The quantitative estimate of drug-likeness (QED) is 0.907. The van der Waals surface area contributed by atoms with Gasteiger partial charge in [-0.05, 0) is 48.9 Å². The molecule has 1 amide bonds. The van der Waals surface area contributed by atoms with E-state index in [4.69, 9.17) is 0 Å². The summed E-state index contributed by atoms with van der Waals surface area (Å²) in [6, 6.07) is 15.5. The molecule has 4 heteroatoms. The molecule has 2 aromatic rings. The molecule has 0 aliphatic rings. The second-order valence-electron chi connectivity index (χ2n) is 5.19. The van der Waals surface area contributed by atoms with Crippen LogP contribution in [0, 0.1) is 0 Å². The van der Waals surface area contributed by atoms with Crippen molar-refractivity contribution in [2.45, 2.75) is 13.0 Å². The first-order chi connectivity index (χ1) is 9.97. The van der Waals surface area contributed by atoms with Crippen LogP contribution in [0.15, 0.2) is 53.0 Å². The van der Waals surface area contributed by atoms with Crippen molar-refractivity contribution in [3.05, 3.63) is 64.1 Å². The SMILES string of the molecule is CC(NC(=O)c1ccc(N(C)C)cc1)c1ccc(Br)cc1. The van der Waals surface area contributed by atoms with E-state index in [1.807, 2.05) is 74.4 Å². The highest BCUT2D eigenvalue weighted by molar-refractivity contribution is 9.10. The van der Waals surface area contributed by atoms with Crippen molar-refractivity contribution in [3.63, 3.8) is 0 Å². The maximum absolute atomic E-state index is 12.2. The van der Waals surface area contributed by atoms with Gasteiger partial charge in [-0.2, -0.15) is 0 Å². The monoisotopic (exact) mass is 346 g/mol. The van der Waals surface area contributed by atoms with Crippen molar-refractivity contribution in [1.82, 2.24) is 5.32 Å². The number of carbonyl (C=O) groups is 1. The molecule has 2 aromatic carbocycles. The Labute approximate surface area is 134 Å². The fourth-order valence-corrected chi connectivity index (χ4v) is 2.29. The smallest absolute Gasteiger partial charge is 0.251 e. The van der Waals surface area contributed by atoms with Gasteiger partial charge in [0, 0.05) is 29.8 Å². The first-order valence-corrected chi connectivity index (χ1v) is 7.60. The molecule has 0 saturated heterocycles. The van der Waals surface area contributed by atoms with Crippen molar-refractivity contribution in [2.75, 3.05) is 19.0 Å². The van der Waals surface area contributed by atoms with Crippen LogP contribution in [-0.2, 0) is 0 Å². The highest BCUT2D eigenvalue weighted by Gasteiger charge is 2.11. The molecule has 0 radical (unpaired) electrons. The lowest BCUT2D eigenvalue weighted by Crippen LogP contribution is -2.26. The van der Waals surface area contributed by atoms with Gasteiger partial charge in [0.05, 0.1) is 6.04 Å². The summed E-state index contributed by atoms with van der Waals surface area (Å²) in [7, 11) is 3.95. The van der Waals surface area contributed by atoms with Gasteiger partial charge >= 0.3 is 0 Å². The predicted molar refractivity (Wildman–Crippen MR) is 90.8 cm³/mol. The lowest BCUT2D eigenvalue weighted by molar-refractivity contribution is 0.0940. The van der Waals surface area contributed by atoms with E-state index in [9.17, 15) is 4.79 Å². The van der Waals surface area contributed by atoms with Gasteiger partial charge in [0.15, 0.2) is 0 Å². The average Bonchev–Trinajstić information content (AvgIpc) is 2.47. The van der Waals surface area contributed by atoms with Crippen molar-refractivity contribution in [2.24, 2.45) is 0 Å². The van der Waals surface area contributed by atoms with E-state index in [0.29, 0.717) is 5.56 Å². The summed E-state index contributed by atoms with van der Waals surface area (Å²) in [5.74, 6) is -0.0595. The molecule has 0 aromatic heterocycles. The Bertz CT molecular complexity index is 606. The molecule has 0 heterocycles. The number of benzene rings is 2. The minimum absolute atomic E-state index is 0.0286. The van der Waals surface area contributed by atoms with E-state index < -0.39 is 0 Å². The van der Waals surface area contributed by atoms with Crippen LogP contribution in [-0.4, -0.2) is 20.0 Å². The highest BCUT2D eigenvalue weighted by Crippen LogP contribution is 2.18. The highest BCUT2D eigenvalue weighted by atomic mass is 79.9. The van der Waals surface area contributed by atoms with E-state index in [1.54, 1.807) is 0 Å². The first kappa shape index (κ1) is 15.6. The minimum atomic E-state index is -0.0595. The summed E-state index contributed by atoms with van der Waals surface area (Å²) in [6.07, 6.45) is 0. The van der Waals surface area contributed by atoms with Gasteiger partial charge in [-0.3, -0.25) is 4.79 Å². The van der Waals surface area contributed by atoms with Gasteiger partial charge in [0.1, 0.15) is 0 Å². The van der Waals surface area contributed by atoms with Crippen LogP contribution in [0.4, 0.5) is 5.69 Å². The fourth-order valence-electron chi connectivity index (χ4n) is 2.03. The first-order valence-electron chi connectivity index (χ1n) is 6.81. The number of anilines is 1. The number of carbonyl (C=O) groups excluding carboxylic acids is 1. The molecule has 0 saturated carbocycles. The summed E-state index contributed by atoms with van der Waals surface area (Å²) in [6.45, 7) is 1.98. The molecule has 0 spiro atoms. The van der Waals surface area contributed by atoms with Gasteiger partial charge in [0.25, 0.3) is 5.91 Å². The maximum Gasteiger partial charge on any atom is 0.251 e. The van der Waals surface area contributed by atoms with E-state index >= 15 is 0 Å². The largest absolute Gasteiger partial charge is 0.378 e. The van der Waals surface area contributed by atoms with Gasteiger partial charge in [-0.25, -0.2) is 0 Å². The molecule has 1 N–H and O–H groups in total. The predicted octanol–water partition coefficient (Wildman–Crippen LogP) is 4.01. The second-order valence-corrected chi connectivity index (χ2v) is 6.10. The zero-order valence-corrected chi connectivity index (χ0v) is 14.0. The molecule has 1 atom stereocenters. The van der Waals surface area contributed by atoms with Crippen molar-refractivity contribution in [3.8, 4) is 0 Å². The Morgan fingerprint density at radius 1 is 1.05 bits per heavy atom. The van der Waals surface area contributed by atoms with Gasteiger partial charge in [0.2, 0.25) is 0 Å². The lowest BCUT2D eigenvalue weighted by atomic mass is 10.1. The fraction of sp³-hybridized carbons (Fsp3) is 0.235. The maximum atomic E-state index is 12.2. The summed E-state index contributed by atoms with van der Waals surface area (Å²) >= 11 is 3.41.